The van der Waals surface area contributed by atoms with Crippen molar-refractivity contribution < 1.29 is 28.3 Å². The third kappa shape index (κ3) is 4.90. The quantitative estimate of drug-likeness (QED) is 0.415. The predicted molar refractivity (Wildman–Crippen MR) is 116 cm³/mol. The van der Waals surface area contributed by atoms with Crippen LogP contribution < -0.4 is 5.32 Å². The van der Waals surface area contributed by atoms with Gasteiger partial charge in [0.05, 0.1) is 0 Å². The second kappa shape index (κ2) is 9.48. The number of nitrogens with zero attached hydrogens (tertiary/aromatic N) is 5. The molecule has 2 heterocycles. The number of carboxylic acid groups (broad SMARTS) is 1. The first-order valence-electron chi connectivity index (χ1n) is 10.1. The number of halogens is 1. The number of aliphatic carboxylic acids is 1. The number of aromatic nitrogens is 5. The summed E-state index contributed by atoms with van der Waals surface area (Å²) >= 11 is 0. The van der Waals surface area contributed by atoms with Crippen LogP contribution in [0.15, 0.2) is 53.1 Å². The van der Waals surface area contributed by atoms with Gasteiger partial charge in [-0.25, -0.2) is 9.18 Å². The zero-order valence-corrected chi connectivity index (χ0v) is 18.1. The van der Waals surface area contributed by atoms with E-state index in [1.807, 2.05) is 0 Å². The van der Waals surface area contributed by atoms with Crippen LogP contribution in [0.2, 0.25) is 0 Å². The molecule has 0 saturated carbocycles. The minimum Gasteiger partial charge on any atom is -0.480 e. The molecular formula is C22H19FN6O5. The Balaban J connectivity index is 1.49. The smallest absolute Gasteiger partial charge is 0.412 e. The first-order chi connectivity index (χ1) is 16.3. The predicted octanol–water partition coefficient (Wildman–Crippen LogP) is 3.84. The Morgan fingerprint density at radius 3 is 2.59 bits per heavy atom. The van der Waals surface area contributed by atoms with Gasteiger partial charge in [0.15, 0.2) is 12.3 Å². The summed E-state index contributed by atoms with van der Waals surface area (Å²) in [7, 11) is 0. The summed E-state index contributed by atoms with van der Waals surface area (Å²) < 4.78 is 24.5. The zero-order chi connectivity index (χ0) is 24.2. The number of hydrogen-bond acceptors (Lipinski definition) is 8. The Kier molecular flexibility index (Phi) is 6.30. The van der Waals surface area contributed by atoms with Crippen molar-refractivity contribution in [2.45, 2.75) is 26.5 Å². The van der Waals surface area contributed by atoms with Crippen LogP contribution in [-0.2, 0) is 16.1 Å². The minimum absolute atomic E-state index is 0.254. The highest BCUT2D eigenvalue weighted by Crippen LogP contribution is 2.32. The molecule has 0 radical (unpaired) electrons. The molecule has 174 valence electrons. The number of nitrogens with one attached hydrogen (secondary N) is 1. The molecule has 4 rings (SSSR count). The van der Waals surface area contributed by atoms with Crippen molar-refractivity contribution in [1.29, 1.82) is 0 Å². The summed E-state index contributed by atoms with van der Waals surface area (Å²) in [6, 6.07) is 12.9. The lowest BCUT2D eigenvalue weighted by atomic mass is 10.1. The summed E-state index contributed by atoms with van der Waals surface area (Å²) in [6.45, 7) is 2.80. The zero-order valence-electron chi connectivity index (χ0n) is 18.1. The van der Waals surface area contributed by atoms with Gasteiger partial charge in [0.2, 0.25) is 5.82 Å². The van der Waals surface area contributed by atoms with Gasteiger partial charge in [-0.2, -0.15) is 4.80 Å². The van der Waals surface area contributed by atoms with Gasteiger partial charge in [-0.3, -0.25) is 10.1 Å². The largest absolute Gasteiger partial charge is 0.480 e. The third-order valence-electron chi connectivity index (χ3n) is 4.86. The van der Waals surface area contributed by atoms with Crippen molar-refractivity contribution >= 4 is 17.7 Å². The SMILES string of the molecule is Cc1onc(-c2ccc(-c3nnn(CC(=O)O)n3)cc2)c1NC(=O)OC(C)c1ccccc1F. The molecule has 34 heavy (non-hydrogen) atoms. The van der Waals surface area contributed by atoms with Gasteiger partial charge in [-0.1, -0.05) is 47.6 Å². The molecule has 2 aromatic carbocycles. The van der Waals surface area contributed by atoms with E-state index in [1.54, 1.807) is 56.3 Å². The summed E-state index contributed by atoms with van der Waals surface area (Å²) in [5, 5.41) is 27.0. The Hall–Kier alpha value is -4.61. The molecule has 11 nitrogen and oxygen atoms in total. The van der Waals surface area contributed by atoms with E-state index < -0.39 is 30.5 Å². The third-order valence-corrected chi connectivity index (χ3v) is 4.86. The maximum atomic E-state index is 14.0. The normalized spacial score (nSPS) is 11.7. The molecule has 0 saturated heterocycles. The lowest BCUT2D eigenvalue weighted by molar-refractivity contribution is -0.138. The lowest BCUT2D eigenvalue weighted by Gasteiger charge is -2.15. The van der Waals surface area contributed by atoms with Gasteiger partial charge in [-0.05, 0) is 25.1 Å². The Morgan fingerprint density at radius 2 is 1.88 bits per heavy atom. The molecule has 0 spiro atoms. The Bertz CT molecular complexity index is 1330. The average molecular weight is 466 g/mol. The van der Waals surface area contributed by atoms with E-state index in [-0.39, 0.29) is 11.4 Å². The molecule has 0 bridgehead atoms. The fourth-order valence-corrected chi connectivity index (χ4v) is 3.20. The number of anilines is 1. The first-order valence-corrected chi connectivity index (χ1v) is 10.1. The standard InChI is InChI=1S/C22H19FN6O5/c1-12(16-5-3-4-6-17(16)23)33-22(32)24-19-13(2)34-27-20(19)14-7-9-15(10-8-14)21-25-28-29(26-21)11-18(30)31/h3-10,12H,11H2,1-2H3,(H,24,32)(H,30,31). The number of carbonyl (C=O) groups is 2. The number of hydrogen-bond donors (Lipinski definition) is 2. The van der Waals surface area contributed by atoms with Crippen molar-refractivity contribution in [1.82, 2.24) is 25.4 Å². The number of aryl methyl sites for hydroxylation is 1. The Morgan fingerprint density at radius 1 is 1.18 bits per heavy atom. The monoisotopic (exact) mass is 466 g/mol. The summed E-state index contributed by atoms with van der Waals surface area (Å²) in [4.78, 5) is 24.2. The average Bonchev–Trinajstić information content (AvgIpc) is 3.40. The summed E-state index contributed by atoms with van der Waals surface area (Å²) in [6.07, 6.45) is -1.61. The number of amides is 1. The second-order valence-electron chi connectivity index (χ2n) is 7.27. The molecule has 1 atom stereocenters. The van der Waals surface area contributed by atoms with Crippen LogP contribution in [0, 0.1) is 12.7 Å². The minimum atomic E-state index is -1.08. The molecule has 0 aliphatic heterocycles. The highest BCUT2D eigenvalue weighted by atomic mass is 19.1. The van der Waals surface area contributed by atoms with Gasteiger partial charge in [-0.15, -0.1) is 10.2 Å². The van der Waals surface area contributed by atoms with Crippen molar-refractivity contribution in [3.05, 3.63) is 65.7 Å². The fraction of sp³-hybridized carbons (Fsp3) is 0.182. The van der Waals surface area contributed by atoms with Crippen LogP contribution in [-0.4, -0.2) is 42.5 Å². The van der Waals surface area contributed by atoms with Gasteiger partial charge in [0, 0.05) is 16.7 Å². The molecule has 1 unspecified atom stereocenters. The van der Waals surface area contributed by atoms with Gasteiger partial charge < -0.3 is 14.4 Å². The Labute approximate surface area is 192 Å². The van der Waals surface area contributed by atoms with Crippen LogP contribution in [0.3, 0.4) is 0 Å². The maximum absolute atomic E-state index is 14.0. The summed E-state index contributed by atoms with van der Waals surface area (Å²) in [5.41, 5.74) is 2.15. The number of ether oxygens (including phenoxy) is 1. The number of carboxylic acids is 1. The van der Waals surface area contributed by atoms with E-state index in [9.17, 15) is 14.0 Å². The molecule has 1 amide bonds. The molecule has 4 aromatic rings. The van der Waals surface area contributed by atoms with Crippen molar-refractivity contribution in [2.75, 3.05) is 5.32 Å². The van der Waals surface area contributed by atoms with Crippen LogP contribution in [0.4, 0.5) is 14.9 Å². The number of carbonyl (C=O) groups excluding carboxylic acids is 1. The van der Waals surface area contributed by atoms with Crippen LogP contribution in [0.5, 0.6) is 0 Å². The topological polar surface area (TPSA) is 145 Å². The number of rotatable bonds is 7. The summed E-state index contributed by atoms with van der Waals surface area (Å²) in [5.74, 6) is -0.939. The van der Waals surface area contributed by atoms with E-state index in [2.05, 4.69) is 25.9 Å². The number of tetrazole rings is 1. The fourth-order valence-electron chi connectivity index (χ4n) is 3.20. The first kappa shape index (κ1) is 22.6. The van der Waals surface area contributed by atoms with Gasteiger partial charge in [0.1, 0.15) is 23.3 Å². The van der Waals surface area contributed by atoms with Gasteiger partial charge >= 0.3 is 12.1 Å². The van der Waals surface area contributed by atoms with Crippen molar-refractivity contribution in [3.63, 3.8) is 0 Å². The maximum Gasteiger partial charge on any atom is 0.412 e. The molecular weight excluding hydrogens is 447 g/mol. The number of benzene rings is 2. The lowest BCUT2D eigenvalue weighted by Crippen LogP contribution is -2.17. The van der Waals surface area contributed by atoms with E-state index in [0.717, 1.165) is 4.80 Å². The molecule has 0 aliphatic carbocycles. The molecule has 2 N–H and O–H groups in total. The molecule has 2 aromatic heterocycles. The molecule has 0 fully saturated rings. The highest BCUT2D eigenvalue weighted by molar-refractivity contribution is 5.91. The van der Waals surface area contributed by atoms with Crippen LogP contribution >= 0.6 is 0 Å². The van der Waals surface area contributed by atoms with E-state index in [1.165, 1.54) is 6.07 Å². The van der Waals surface area contributed by atoms with E-state index >= 15 is 0 Å². The van der Waals surface area contributed by atoms with Gasteiger partial charge in [0.25, 0.3) is 0 Å². The van der Waals surface area contributed by atoms with E-state index in [0.29, 0.717) is 28.3 Å². The molecule has 0 aliphatic rings. The molecule has 12 heteroatoms. The highest BCUT2D eigenvalue weighted by Gasteiger charge is 2.21. The van der Waals surface area contributed by atoms with Crippen LogP contribution in [0.25, 0.3) is 22.6 Å². The van der Waals surface area contributed by atoms with Crippen LogP contribution in [0.1, 0.15) is 24.4 Å². The van der Waals surface area contributed by atoms with Crippen molar-refractivity contribution in [3.8, 4) is 22.6 Å². The van der Waals surface area contributed by atoms with Crippen molar-refractivity contribution in [2.24, 2.45) is 0 Å². The second-order valence-corrected chi connectivity index (χ2v) is 7.27. The van der Waals surface area contributed by atoms with E-state index in [4.69, 9.17) is 14.4 Å².